The average Bonchev–Trinajstić information content (AvgIpc) is 2.85. The summed E-state index contributed by atoms with van der Waals surface area (Å²) in [5, 5.41) is 9.88. The number of thiazole rings is 1. The van der Waals surface area contributed by atoms with Crippen LogP contribution in [-0.4, -0.2) is 44.6 Å². The van der Waals surface area contributed by atoms with Crippen LogP contribution in [0.5, 0.6) is 0 Å². The highest BCUT2D eigenvalue weighted by Crippen LogP contribution is 2.33. The third kappa shape index (κ3) is 3.13. The first-order chi connectivity index (χ1) is 9.01. The van der Waals surface area contributed by atoms with E-state index in [0.717, 1.165) is 0 Å². The minimum atomic E-state index is -0.939. The smallest absolute Gasteiger partial charge is 0.309 e. The van der Waals surface area contributed by atoms with Gasteiger partial charge in [0.05, 0.1) is 17.4 Å². The third-order valence-electron chi connectivity index (χ3n) is 2.62. The van der Waals surface area contributed by atoms with E-state index >= 15 is 0 Å². The lowest BCUT2D eigenvalue weighted by Gasteiger charge is -2.10. The molecular weight excluding hydrogens is 288 g/mol. The van der Waals surface area contributed by atoms with Crippen LogP contribution >= 0.6 is 23.1 Å². The number of nitrogens with zero attached hydrogens (tertiary/aromatic N) is 2. The molecule has 1 saturated heterocycles. The van der Waals surface area contributed by atoms with Gasteiger partial charge in [0.25, 0.3) is 0 Å². The summed E-state index contributed by atoms with van der Waals surface area (Å²) in [6.07, 6.45) is 0.0564. The molecule has 19 heavy (non-hydrogen) atoms. The van der Waals surface area contributed by atoms with Crippen LogP contribution in [0.15, 0.2) is 9.72 Å². The van der Waals surface area contributed by atoms with Crippen molar-refractivity contribution in [3.05, 3.63) is 11.1 Å². The van der Waals surface area contributed by atoms with E-state index in [1.165, 1.54) is 28.0 Å². The molecule has 8 heteroatoms. The SMILES string of the molecule is CCN1C(=O)CC(Sc2nc(CC(=O)O)cs2)C1=O. The molecule has 1 unspecified atom stereocenters. The molecule has 1 N–H and O–H groups in total. The molecule has 0 spiro atoms. The molecule has 1 atom stereocenters. The van der Waals surface area contributed by atoms with Gasteiger partial charge in [-0.3, -0.25) is 19.3 Å². The van der Waals surface area contributed by atoms with E-state index in [4.69, 9.17) is 5.11 Å². The molecule has 2 amide bonds. The normalized spacial score (nSPS) is 19.2. The molecule has 1 fully saturated rings. The Balaban J connectivity index is 2.02. The molecule has 1 aromatic rings. The number of aliphatic carboxylic acids is 1. The number of imide groups is 1. The van der Waals surface area contributed by atoms with Crippen LogP contribution in [0.3, 0.4) is 0 Å². The Kier molecular flexibility index (Phi) is 4.20. The topological polar surface area (TPSA) is 87.6 Å². The van der Waals surface area contributed by atoms with Crippen molar-refractivity contribution < 1.29 is 19.5 Å². The van der Waals surface area contributed by atoms with Gasteiger partial charge in [0, 0.05) is 18.3 Å². The molecule has 0 aromatic carbocycles. The Morgan fingerprint density at radius 3 is 2.95 bits per heavy atom. The second-order valence-electron chi connectivity index (χ2n) is 3.96. The molecule has 1 aromatic heterocycles. The zero-order valence-corrected chi connectivity index (χ0v) is 11.8. The maximum Gasteiger partial charge on any atom is 0.309 e. The van der Waals surface area contributed by atoms with Crippen molar-refractivity contribution in [1.82, 2.24) is 9.88 Å². The summed E-state index contributed by atoms with van der Waals surface area (Å²) in [5.74, 6) is -1.29. The van der Waals surface area contributed by atoms with Crippen molar-refractivity contribution in [3.63, 3.8) is 0 Å². The molecule has 0 bridgehead atoms. The van der Waals surface area contributed by atoms with Crippen LogP contribution in [0.25, 0.3) is 0 Å². The second kappa shape index (κ2) is 5.70. The van der Waals surface area contributed by atoms with Crippen LogP contribution in [0.4, 0.5) is 0 Å². The molecule has 0 aliphatic carbocycles. The first kappa shape index (κ1) is 14.0. The standard InChI is InChI=1S/C11H12N2O4S2/c1-2-13-8(14)4-7(10(13)17)19-11-12-6(5-18-11)3-9(15)16/h5,7H,2-4H2,1H3,(H,15,16). The number of carboxylic acids is 1. The number of amides is 2. The summed E-state index contributed by atoms with van der Waals surface area (Å²) in [4.78, 5) is 39.4. The van der Waals surface area contributed by atoms with E-state index in [9.17, 15) is 14.4 Å². The van der Waals surface area contributed by atoms with Gasteiger partial charge in [0.15, 0.2) is 4.34 Å². The van der Waals surface area contributed by atoms with E-state index in [0.29, 0.717) is 16.6 Å². The number of carbonyl (C=O) groups is 3. The quantitative estimate of drug-likeness (QED) is 0.817. The van der Waals surface area contributed by atoms with Crippen LogP contribution in [-0.2, 0) is 20.8 Å². The van der Waals surface area contributed by atoms with Gasteiger partial charge < -0.3 is 5.11 Å². The van der Waals surface area contributed by atoms with Crippen LogP contribution in [0.1, 0.15) is 19.0 Å². The fraction of sp³-hybridized carbons (Fsp3) is 0.455. The second-order valence-corrected chi connectivity index (χ2v) is 6.27. The zero-order valence-electron chi connectivity index (χ0n) is 10.2. The van der Waals surface area contributed by atoms with Crippen molar-refractivity contribution in [3.8, 4) is 0 Å². The lowest BCUT2D eigenvalue weighted by molar-refractivity contribution is -0.138. The summed E-state index contributed by atoms with van der Waals surface area (Å²) in [6, 6.07) is 0. The van der Waals surface area contributed by atoms with Gasteiger partial charge in [-0.15, -0.1) is 11.3 Å². The van der Waals surface area contributed by atoms with Crippen molar-refractivity contribution >= 4 is 40.9 Å². The molecule has 0 radical (unpaired) electrons. The fourth-order valence-electron chi connectivity index (χ4n) is 1.78. The number of thioether (sulfide) groups is 1. The molecule has 2 rings (SSSR count). The number of rotatable bonds is 5. The van der Waals surface area contributed by atoms with Gasteiger partial charge in [-0.25, -0.2) is 4.98 Å². The molecule has 6 nitrogen and oxygen atoms in total. The molecule has 2 heterocycles. The lowest BCUT2D eigenvalue weighted by atomic mass is 10.3. The van der Waals surface area contributed by atoms with E-state index in [2.05, 4.69) is 4.98 Å². The van der Waals surface area contributed by atoms with E-state index in [-0.39, 0.29) is 24.7 Å². The van der Waals surface area contributed by atoms with E-state index in [1.807, 2.05) is 0 Å². The number of hydrogen-bond acceptors (Lipinski definition) is 6. The molecule has 0 saturated carbocycles. The van der Waals surface area contributed by atoms with E-state index in [1.54, 1.807) is 12.3 Å². The predicted molar refractivity (Wildman–Crippen MR) is 70.1 cm³/mol. The van der Waals surface area contributed by atoms with E-state index < -0.39 is 11.2 Å². The summed E-state index contributed by atoms with van der Waals surface area (Å²) in [5.41, 5.74) is 0.476. The van der Waals surface area contributed by atoms with Gasteiger partial charge in [-0.05, 0) is 6.92 Å². The minimum Gasteiger partial charge on any atom is -0.481 e. The van der Waals surface area contributed by atoms with Gasteiger partial charge in [0.2, 0.25) is 11.8 Å². The maximum absolute atomic E-state index is 11.9. The molecule has 102 valence electrons. The number of carboxylic acid groups (broad SMARTS) is 1. The Morgan fingerprint density at radius 1 is 1.63 bits per heavy atom. The van der Waals surface area contributed by atoms with Crippen LogP contribution < -0.4 is 0 Å². The zero-order chi connectivity index (χ0) is 14.0. The lowest BCUT2D eigenvalue weighted by Crippen LogP contribution is -2.30. The van der Waals surface area contributed by atoms with Crippen molar-refractivity contribution in [1.29, 1.82) is 0 Å². The molecular formula is C11H12N2O4S2. The predicted octanol–water partition coefficient (Wildman–Crippen LogP) is 1.01. The molecule has 1 aliphatic rings. The summed E-state index contributed by atoms with van der Waals surface area (Å²) >= 11 is 2.53. The van der Waals surface area contributed by atoms with Crippen molar-refractivity contribution in [2.45, 2.75) is 29.4 Å². The minimum absolute atomic E-state index is 0.129. The van der Waals surface area contributed by atoms with Gasteiger partial charge in [-0.2, -0.15) is 0 Å². The summed E-state index contributed by atoms with van der Waals surface area (Å²) in [7, 11) is 0. The highest BCUT2D eigenvalue weighted by atomic mass is 32.2. The van der Waals surface area contributed by atoms with Crippen LogP contribution in [0.2, 0.25) is 0 Å². The van der Waals surface area contributed by atoms with Gasteiger partial charge in [0.1, 0.15) is 0 Å². The number of likely N-dealkylation sites (tertiary alicyclic amines) is 1. The van der Waals surface area contributed by atoms with Crippen LogP contribution in [0, 0.1) is 0 Å². The van der Waals surface area contributed by atoms with Crippen molar-refractivity contribution in [2.75, 3.05) is 6.54 Å². The summed E-state index contributed by atoms with van der Waals surface area (Å²) in [6.45, 7) is 2.15. The average molecular weight is 300 g/mol. The number of hydrogen-bond donors (Lipinski definition) is 1. The Hall–Kier alpha value is -1.41. The Morgan fingerprint density at radius 2 is 2.37 bits per heavy atom. The summed E-state index contributed by atoms with van der Waals surface area (Å²) < 4.78 is 0.625. The first-order valence-corrected chi connectivity index (χ1v) is 7.44. The maximum atomic E-state index is 11.9. The number of aromatic nitrogens is 1. The fourth-order valence-corrected chi connectivity index (χ4v) is 3.90. The monoisotopic (exact) mass is 300 g/mol. The largest absolute Gasteiger partial charge is 0.481 e. The van der Waals surface area contributed by atoms with Gasteiger partial charge >= 0.3 is 5.97 Å². The first-order valence-electron chi connectivity index (χ1n) is 5.68. The third-order valence-corrected chi connectivity index (χ3v) is 4.83. The molecule has 1 aliphatic heterocycles. The highest BCUT2D eigenvalue weighted by molar-refractivity contribution is 8.02. The van der Waals surface area contributed by atoms with Crippen molar-refractivity contribution in [2.24, 2.45) is 0 Å². The van der Waals surface area contributed by atoms with Gasteiger partial charge in [-0.1, -0.05) is 11.8 Å². The number of carbonyl (C=O) groups excluding carboxylic acids is 2. The Labute approximate surface area is 117 Å². The Bertz CT molecular complexity index is 529. The highest BCUT2D eigenvalue weighted by Gasteiger charge is 2.38.